The zero-order valence-electron chi connectivity index (χ0n) is 17.8. The summed E-state index contributed by atoms with van der Waals surface area (Å²) >= 11 is 0. The topological polar surface area (TPSA) is 134 Å². The van der Waals surface area contributed by atoms with E-state index in [1.54, 1.807) is 0 Å². The van der Waals surface area contributed by atoms with Crippen molar-refractivity contribution < 1.29 is 24.2 Å². The summed E-state index contributed by atoms with van der Waals surface area (Å²) in [7, 11) is 0. The quantitative estimate of drug-likeness (QED) is 0.427. The smallest absolute Gasteiger partial charge is 0.408 e. The minimum absolute atomic E-state index is 0.0640. The molecule has 0 radical (unpaired) electrons. The Balaban J connectivity index is 1.41. The van der Waals surface area contributed by atoms with Gasteiger partial charge in [-0.05, 0) is 36.3 Å². The van der Waals surface area contributed by atoms with Crippen molar-refractivity contribution in [3.05, 3.63) is 59.7 Å². The standard InChI is InChI=1S/C22H27N5O5/c1-15-13-17(26-27-21-23-10-11-24-21)7-8-19(15)31-12-9-18(20(28)29)25-22(30)32-14-16-5-3-2-4-6-16/h2-8,13,18-19H,9-12,14H2,1H3,(H,25,30)(H,28,29)(H2,23,24,27)/b26-17+. The van der Waals surface area contributed by atoms with Gasteiger partial charge in [0.1, 0.15) is 12.6 Å². The lowest BCUT2D eigenvalue weighted by molar-refractivity contribution is -0.140. The van der Waals surface area contributed by atoms with Gasteiger partial charge in [0.2, 0.25) is 5.96 Å². The van der Waals surface area contributed by atoms with E-state index in [0.29, 0.717) is 5.96 Å². The van der Waals surface area contributed by atoms with E-state index in [1.807, 2.05) is 55.5 Å². The van der Waals surface area contributed by atoms with Gasteiger partial charge in [0.05, 0.1) is 25.0 Å². The Bertz CT molecular complexity index is 926. The number of carbonyl (C=O) groups excluding carboxylic acids is 1. The number of amides is 1. The second-order valence-electron chi connectivity index (χ2n) is 7.23. The van der Waals surface area contributed by atoms with Gasteiger partial charge >= 0.3 is 12.1 Å². The molecule has 0 saturated carbocycles. The molecule has 1 heterocycles. The summed E-state index contributed by atoms with van der Waals surface area (Å²) in [6, 6.07) is 8.03. The molecular weight excluding hydrogens is 414 g/mol. The molecule has 170 valence electrons. The van der Waals surface area contributed by atoms with Crippen molar-refractivity contribution in [2.24, 2.45) is 10.1 Å². The van der Waals surface area contributed by atoms with E-state index in [-0.39, 0.29) is 25.7 Å². The summed E-state index contributed by atoms with van der Waals surface area (Å²) in [5.41, 5.74) is 5.34. The number of aliphatic imine (C=N–C) groups is 1. The minimum atomic E-state index is -1.15. The Labute approximate surface area is 186 Å². The van der Waals surface area contributed by atoms with E-state index in [4.69, 9.17) is 9.47 Å². The van der Waals surface area contributed by atoms with Crippen LogP contribution in [0.25, 0.3) is 0 Å². The molecule has 0 saturated heterocycles. The van der Waals surface area contributed by atoms with Gasteiger partial charge in [-0.3, -0.25) is 0 Å². The Kier molecular flexibility index (Phi) is 8.38. The highest BCUT2D eigenvalue weighted by atomic mass is 16.5. The molecule has 1 aliphatic heterocycles. The third-order valence-electron chi connectivity index (χ3n) is 4.74. The Morgan fingerprint density at radius 3 is 2.84 bits per heavy atom. The first-order valence-electron chi connectivity index (χ1n) is 10.3. The highest BCUT2D eigenvalue weighted by Gasteiger charge is 2.22. The predicted molar refractivity (Wildman–Crippen MR) is 119 cm³/mol. The van der Waals surface area contributed by atoms with Crippen LogP contribution in [0.4, 0.5) is 4.79 Å². The molecule has 0 spiro atoms. The number of guanidine groups is 1. The zero-order chi connectivity index (χ0) is 22.8. The normalized spacial score (nSPS) is 19.5. The lowest BCUT2D eigenvalue weighted by atomic mass is 10.0. The molecule has 0 aromatic heterocycles. The van der Waals surface area contributed by atoms with Crippen molar-refractivity contribution in [1.29, 1.82) is 0 Å². The van der Waals surface area contributed by atoms with Crippen LogP contribution in [0, 0.1) is 0 Å². The second kappa shape index (κ2) is 11.7. The zero-order valence-corrected chi connectivity index (χ0v) is 17.8. The number of aliphatic carboxylic acids is 1. The van der Waals surface area contributed by atoms with Crippen molar-refractivity contribution in [1.82, 2.24) is 16.1 Å². The number of carboxylic acids is 1. The molecule has 1 aromatic rings. The number of rotatable bonds is 9. The SMILES string of the molecule is CC1=C/C(=N/NC2=NCCN2)C=CC1OCCC(NC(=O)OCc1ccccc1)C(=O)O. The molecule has 2 aliphatic rings. The molecule has 1 aromatic carbocycles. The average Bonchev–Trinajstić information content (AvgIpc) is 3.31. The van der Waals surface area contributed by atoms with Crippen molar-refractivity contribution in [3.63, 3.8) is 0 Å². The summed E-state index contributed by atoms with van der Waals surface area (Å²) in [5, 5.41) is 19.1. The number of hydrazone groups is 1. The van der Waals surface area contributed by atoms with E-state index in [9.17, 15) is 14.7 Å². The molecule has 0 fully saturated rings. The van der Waals surface area contributed by atoms with Crippen molar-refractivity contribution in [2.45, 2.75) is 32.1 Å². The molecule has 0 bridgehead atoms. The Morgan fingerprint density at radius 1 is 1.34 bits per heavy atom. The van der Waals surface area contributed by atoms with Gasteiger partial charge in [0.15, 0.2) is 0 Å². The number of carboxylic acid groups (broad SMARTS) is 1. The number of hydrogen-bond donors (Lipinski definition) is 4. The molecule has 1 aliphatic carbocycles. The third-order valence-corrected chi connectivity index (χ3v) is 4.74. The summed E-state index contributed by atoms with van der Waals surface area (Å²) < 4.78 is 10.9. The van der Waals surface area contributed by atoms with Crippen LogP contribution in [0.15, 0.2) is 64.2 Å². The van der Waals surface area contributed by atoms with Crippen LogP contribution in [0.3, 0.4) is 0 Å². The predicted octanol–water partition coefficient (Wildman–Crippen LogP) is 1.56. The maximum atomic E-state index is 12.0. The van der Waals surface area contributed by atoms with Gasteiger partial charge in [-0.25, -0.2) is 20.0 Å². The van der Waals surface area contributed by atoms with E-state index >= 15 is 0 Å². The first-order chi connectivity index (χ1) is 15.5. The summed E-state index contributed by atoms with van der Waals surface area (Å²) in [4.78, 5) is 27.6. The summed E-state index contributed by atoms with van der Waals surface area (Å²) in [6.45, 7) is 3.63. The van der Waals surface area contributed by atoms with Gasteiger partial charge < -0.3 is 25.2 Å². The van der Waals surface area contributed by atoms with Crippen molar-refractivity contribution in [3.8, 4) is 0 Å². The number of nitrogens with zero attached hydrogens (tertiary/aromatic N) is 2. The van der Waals surface area contributed by atoms with Crippen LogP contribution in [0.5, 0.6) is 0 Å². The number of benzene rings is 1. The molecule has 2 atom stereocenters. The van der Waals surface area contributed by atoms with Crippen molar-refractivity contribution in [2.75, 3.05) is 19.7 Å². The van der Waals surface area contributed by atoms with Crippen LogP contribution in [-0.2, 0) is 20.9 Å². The third kappa shape index (κ3) is 7.24. The lowest BCUT2D eigenvalue weighted by Crippen LogP contribution is -2.42. The van der Waals surface area contributed by atoms with E-state index in [0.717, 1.165) is 29.9 Å². The Hall–Kier alpha value is -3.66. The average molecular weight is 441 g/mol. The van der Waals surface area contributed by atoms with E-state index in [1.165, 1.54) is 0 Å². The fraction of sp³-hybridized carbons (Fsp3) is 0.364. The van der Waals surface area contributed by atoms with Gasteiger partial charge in [0, 0.05) is 13.0 Å². The fourth-order valence-corrected chi connectivity index (χ4v) is 3.03. The van der Waals surface area contributed by atoms with Crippen LogP contribution in [0.2, 0.25) is 0 Å². The minimum Gasteiger partial charge on any atom is -0.480 e. The number of carbonyl (C=O) groups is 2. The fourth-order valence-electron chi connectivity index (χ4n) is 3.03. The molecule has 2 unspecified atom stereocenters. The lowest BCUT2D eigenvalue weighted by Gasteiger charge is -2.20. The second-order valence-corrected chi connectivity index (χ2v) is 7.23. The molecule has 32 heavy (non-hydrogen) atoms. The Morgan fingerprint density at radius 2 is 2.16 bits per heavy atom. The molecule has 10 nitrogen and oxygen atoms in total. The van der Waals surface area contributed by atoms with E-state index in [2.05, 4.69) is 26.2 Å². The maximum Gasteiger partial charge on any atom is 0.408 e. The summed E-state index contributed by atoms with van der Waals surface area (Å²) in [5.74, 6) is -0.509. The number of nitrogens with one attached hydrogen (secondary N) is 3. The maximum absolute atomic E-state index is 12.0. The molecule has 4 N–H and O–H groups in total. The van der Waals surface area contributed by atoms with Gasteiger partial charge in [-0.2, -0.15) is 5.10 Å². The highest BCUT2D eigenvalue weighted by Crippen LogP contribution is 2.14. The number of hydrogen-bond acceptors (Lipinski definition) is 8. The van der Waals surface area contributed by atoms with Crippen LogP contribution in [-0.4, -0.2) is 60.7 Å². The van der Waals surface area contributed by atoms with Crippen LogP contribution >= 0.6 is 0 Å². The number of alkyl carbamates (subject to hydrolysis) is 1. The van der Waals surface area contributed by atoms with Gasteiger partial charge in [-0.15, -0.1) is 0 Å². The van der Waals surface area contributed by atoms with Crippen LogP contribution < -0.4 is 16.1 Å². The monoisotopic (exact) mass is 441 g/mol. The highest BCUT2D eigenvalue weighted by molar-refractivity contribution is 6.06. The van der Waals surface area contributed by atoms with Gasteiger partial charge in [0.25, 0.3) is 0 Å². The van der Waals surface area contributed by atoms with E-state index < -0.39 is 18.1 Å². The first-order valence-corrected chi connectivity index (χ1v) is 10.3. The molecular formula is C22H27N5O5. The van der Waals surface area contributed by atoms with Crippen LogP contribution in [0.1, 0.15) is 18.9 Å². The first kappa shape index (κ1) is 23.0. The summed E-state index contributed by atoms with van der Waals surface area (Å²) in [6.07, 6.45) is 4.55. The molecule has 3 rings (SSSR count). The largest absolute Gasteiger partial charge is 0.480 e. The molecule has 10 heteroatoms. The molecule has 1 amide bonds. The van der Waals surface area contributed by atoms with Crippen molar-refractivity contribution >= 4 is 23.7 Å². The number of ether oxygens (including phenoxy) is 2. The number of allylic oxidation sites excluding steroid dienone is 2. The van der Waals surface area contributed by atoms with Gasteiger partial charge in [-0.1, -0.05) is 30.3 Å².